The van der Waals surface area contributed by atoms with E-state index in [1.807, 2.05) is 25.1 Å². The number of nitrogens with zero attached hydrogens (tertiary/aromatic N) is 3. The fraction of sp³-hybridized carbons (Fsp3) is 0.545. The average Bonchev–Trinajstić information content (AvgIpc) is 3.38. The van der Waals surface area contributed by atoms with Crippen LogP contribution in [0, 0.1) is 6.92 Å². The Hall–Kier alpha value is -2.54. The standard InChI is InChI=1S/C22H29N3O4/c1-15-19(13-24-10-11-25(21(26)14-24)16-6-4-5-7-16)23-22(29-15)18-9-8-17(27-2)12-20(18)28-3/h8-9,12,16H,4-7,10-11,13-14H2,1-3H3. The minimum Gasteiger partial charge on any atom is -0.497 e. The average molecular weight is 399 g/mol. The Labute approximate surface area is 171 Å². The van der Waals surface area contributed by atoms with Gasteiger partial charge in [-0.3, -0.25) is 9.69 Å². The molecular formula is C22H29N3O4. The maximum atomic E-state index is 12.6. The zero-order valence-electron chi connectivity index (χ0n) is 17.4. The Morgan fingerprint density at radius 2 is 1.97 bits per heavy atom. The molecule has 1 aromatic carbocycles. The highest BCUT2D eigenvalue weighted by Gasteiger charge is 2.31. The van der Waals surface area contributed by atoms with Crippen LogP contribution in [0.25, 0.3) is 11.5 Å². The molecule has 0 radical (unpaired) electrons. The predicted octanol–water partition coefficient (Wildman–Crippen LogP) is 3.25. The molecule has 1 amide bonds. The number of benzene rings is 1. The second-order valence-electron chi connectivity index (χ2n) is 7.82. The summed E-state index contributed by atoms with van der Waals surface area (Å²) < 4.78 is 16.7. The summed E-state index contributed by atoms with van der Waals surface area (Å²) in [6.07, 6.45) is 4.80. The molecule has 7 heteroatoms. The van der Waals surface area contributed by atoms with Gasteiger partial charge in [0.2, 0.25) is 11.8 Å². The number of carbonyl (C=O) groups excluding carboxylic acids is 1. The van der Waals surface area contributed by atoms with Crippen molar-refractivity contribution in [1.82, 2.24) is 14.8 Å². The predicted molar refractivity (Wildman–Crippen MR) is 109 cm³/mol. The van der Waals surface area contributed by atoms with Crippen LogP contribution in [-0.2, 0) is 11.3 Å². The van der Waals surface area contributed by atoms with Gasteiger partial charge in [0, 0.05) is 31.7 Å². The number of oxazole rings is 1. The molecule has 2 fully saturated rings. The first-order valence-electron chi connectivity index (χ1n) is 10.3. The van der Waals surface area contributed by atoms with E-state index in [-0.39, 0.29) is 5.91 Å². The highest BCUT2D eigenvalue weighted by molar-refractivity contribution is 5.79. The zero-order chi connectivity index (χ0) is 20.4. The topological polar surface area (TPSA) is 68.0 Å². The monoisotopic (exact) mass is 399 g/mol. The molecule has 1 aliphatic carbocycles. The quantitative estimate of drug-likeness (QED) is 0.743. The van der Waals surface area contributed by atoms with E-state index < -0.39 is 0 Å². The number of piperazine rings is 1. The molecule has 2 aromatic rings. The molecule has 2 aliphatic rings. The first-order valence-corrected chi connectivity index (χ1v) is 10.3. The summed E-state index contributed by atoms with van der Waals surface area (Å²) >= 11 is 0. The summed E-state index contributed by atoms with van der Waals surface area (Å²) in [6, 6.07) is 6.01. The second-order valence-corrected chi connectivity index (χ2v) is 7.82. The lowest BCUT2D eigenvalue weighted by Gasteiger charge is -2.37. The van der Waals surface area contributed by atoms with E-state index in [0.29, 0.717) is 36.5 Å². The number of amides is 1. The van der Waals surface area contributed by atoms with Gasteiger partial charge in [0.25, 0.3) is 0 Å². The van der Waals surface area contributed by atoms with Crippen LogP contribution in [0.3, 0.4) is 0 Å². The molecule has 2 heterocycles. The SMILES string of the molecule is COc1ccc(-c2nc(CN3CCN(C4CCCC4)C(=O)C3)c(C)o2)c(OC)c1. The van der Waals surface area contributed by atoms with E-state index in [0.717, 1.165) is 42.9 Å². The van der Waals surface area contributed by atoms with Gasteiger partial charge < -0.3 is 18.8 Å². The van der Waals surface area contributed by atoms with Crippen LogP contribution in [-0.4, -0.2) is 60.6 Å². The maximum Gasteiger partial charge on any atom is 0.237 e. The molecule has 1 saturated carbocycles. The zero-order valence-corrected chi connectivity index (χ0v) is 17.4. The van der Waals surface area contributed by atoms with Crippen molar-refractivity contribution in [2.75, 3.05) is 33.9 Å². The van der Waals surface area contributed by atoms with E-state index >= 15 is 0 Å². The van der Waals surface area contributed by atoms with Gasteiger partial charge in [-0.15, -0.1) is 0 Å². The fourth-order valence-corrected chi connectivity index (χ4v) is 4.35. The van der Waals surface area contributed by atoms with E-state index in [1.54, 1.807) is 14.2 Å². The Bertz CT molecular complexity index is 873. The van der Waals surface area contributed by atoms with Gasteiger partial charge in [0.1, 0.15) is 17.3 Å². The summed E-state index contributed by atoms with van der Waals surface area (Å²) in [7, 11) is 3.24. The number of methoxy groups -OCH3 is 2. The van der Waals surface area contributed by atoms with E-state index in [4.69, 9.17) is 18.9 Å². The van der Waals surface area contributed by atoms with Gasteiger partial charge in [0.15, 0.2) is 0 Å². The first kappa shape index (κ1) is 19.8. The molecule has 0 bridgehead atoms. The van der Waals surface area contributed by atoms with Crippen molar-refractivity contribution in [2.24, 2.45) is 0 Å². The van der Waals surface area contributed by atoms with Crippen LogP contribution < -0.4 is 9.47 Å². The van der Waals surface area contributed by atoms with Crippen LogP contribution in [0.2, 0.25) is 0 Å². The summed E-state index contributed by atoms with van der Waals surface area (Å²) in [5.41, 5.74) is 1.64. The van der Waals surface area contributed by atoms with Crippen LogP contribution >= 0.6 is 0 Å². The molecule has 1 aromatic heterocycles. The molecule has 7 nitrogen and oxygen atoms in total. The minimum atomic E-state index is 0.237. The van der Waals surface area contributed by atoms with Gasteiger partial charge in [-0.1, -0.05) is 12.8 Å². The van der Waals surface area contributed by atoms with Crippen molar-refractivity contribution in [3.05, 3.63) is 29.7 Å². The normalized spacial score (nSPS) is 18.4. The van der Waals surface area contributed by atoms with Crippen molar-refractivity contribution >= 4 is 5.91 Å². The van der Waals surface area contributed by atoms with Crippen molar-refractivity contribution in [3.8, 4) is 23.0 Å². The number of aryl methyl sites for hydroxylation is 1. The van der Waals surface area contributed by atoms with Gasteiger partial charge in [-0.2, -0.15) is 0 Å². The molecule has 4 rings (SSSR count). The van der Waals surface area contributed by atoms with Gasteiger partial charge in [-0.05, 0) is 31.9 Å². The second kappa shape index (κ2) is 8.45. The van der Waals surface area contributed by atoms with Gasteiger partial charge in [0.05, 0.1) is 32.0 Å². The molecule has 0 N–H and O–H groups in total. The van der Waals surface area contributed by atoms with Crippen molar-refractivity contribution in [3.63, 3.8) is 0 Å². The number of ether oxygens (including phenoxy) is 2. The summed E-state index contributed by atoms with van der Waals surface area (Å²) in [5.74, 6) is 2.89. The number of rotatable bonds is 6. The highest BCUT2D eigenvalue weighted by atomic mass is 16.5. The summed E-state index contributed by atoms with van der Waals surface area (Å²) in [4.78, 5) is 21.6. The maximum absolute atomic E-state index is 12.6. The Balaban J connectivity index is 1.46. The molecule has 0 unspecified atom stereocenters. The molecule has 1 saturated heterocycles. The largest absolute Gasteiger partial charge is 0.497 e. The van der Waals surface area contributed by atoms with Crippen molar-refractivity contribution in [2.45, 2.75) is 45.2 Å². The molecule has 0 atom stereocenters. The number of hydrogen-bond donors (Lipinski definition) is 0. The minimum absolute atomic E-state index is 0.237. The molecule has 29 heavy (non-hydrogen) atoms. The third-order valence-corrected chi connectivity index (χ3v) is 6.01. The summed E-state index contributed by atoms with van der Waals surface area (Å²) in [6.45, 7) is 4.65. The molecule has 1 aliphatic heterocycles. The van der Waals surface area contributed by atoms with Gasteiger partial charge >= 0.3 is 0 Å². The van der Waals surface area contributed by atoms with Crippen molar-refractivity contribution in [1.29, 1.82) is 0 Å². The van der Waals surface area contributed by atoms with Crippen LogP contribution in [0.4, 0.5) is 0 Å². The van der Waals surface area contributed by atoms with Crippen LogP contribution in [0.15, 0.2) is 22.6 Å². The van der Waals surface area contributed by atoms with Gasteiger partial charge in [-0.25, -0.2) is 4.98 Å². The lowest BCUT2D eigenvalue weighted by molar-refractivity contribution is -0.138. The molecular weight excluding hydrogens is 370 g/mol. The van der Waals surface area contributed by atoms with E-state index in [1.165, 1.54) is 12.8 Å². The van der Waals surface area contributed by atoms with E-state index in [9.17, 15) is 4.79 Å². The van der Waals surface area contributed by atoms with Crippen molar-refractivity contribution < 1.29 is 18.7 Å². The Kier molecular flexibility index (Phi) is 5.76. The summed E-state index contributed by atoms with van der Waals surface area (Å²) in [5, 5.41) is 0. The third-order valence-electron chi connectivity index (χ3n) is 6.01. The number of aromatic nitrogens is 1. The number of carbonyl (C=O) groups is 1. The Morgan fingerprint density at radius 1 is 1.17 bits per heavy atom. The number of hydrogen-bond acceptors (Lipinski definition) is 6. The van der Waals surface area contributed by atoms with Crippen LogP contribution in [0.5, 0.6) is 11.5 Å². The van der Waals surface area contributed by atoms with Crippen LogP contribution in [0.1, 0.15) is 37.1 Å². The molecule has 156 valence electrons. The highest BCUT2D eigenvalue weighted by Crippen LogP contribution is 2.34. The molecule has 0 spiro atoms. The lowest BCUT2D eigenvalue weighted by atomic mass is 10.1. The fourth-order valence-electron chi connectivity index (χ4n) is 4.35. The smallest absolute Gasteiger partial charge is 0.237 e. The first-order chi connectivity index (χ1) is 14.1. The third kappa shape index (κ3) is 4.10. The van der Waals surface area contributed by atoms with E-state index in [2.05, 4.69) is 9.80 Å². The lowest BCUT2D eigenvalue weighted by Crippen LogP contribution is -2.53. The Morgan fingerprint density at radius 3 is 2.66 bits per heavy atom.